The van der Waals surface area contributed by atoms with Crippen molar-refractivity contribution in [1.82, 2.24) is 4.98 Å². The highest BCUT2D eigenvalue weighted by atomic mass is 35.5. The number of ether oxygens (including phenoxy) is 1. The van der Waals surface area contributed by atoms with E-state index >= 15 is 0 Å². The molecular formula is C28H27ClN2O4. The molecule has 1 aromatic heterocycles. The van der Waals surface area contributed by atoms with Crippen molar-refractivity contribution in [3.05, 3.63) is 93.8 Å². The first-order valence-corrected chi connectivity index (χ1v) is 11.9. The number of nitrogens with zero attached hydrogens (tertiary/aromatic N) is 2. The first kappa shape index (κ1) is 24.5. The van der Waals surface area contributed by atoms with Crippen LogP contribution in [0.1, 0.15) is 55.0 Å². The second-order valence-electron chi connectivity index (χ2n) is 8.72. The molecule has 1 aliphatic rings. The molecule has 1 amide bonds. The number of carbonyl (C=O) groups is 2. The van der Waals surface area contributed by atoms with E-state index in [2.05, 4.69) is 4.98 Å². The molecule has 6 nitrogen and oxygen atoms in total. The number of pyridine rings is 1. The lowest BCUT2D eigenvalue weighted by Crippen LogP contribution is -2.29. The van der Waals surface area contributed by atoms with Crippen molar-refractivity contribution < 1.29 is 19.4 Å². The highest BCUT2D eigenvalue weighted by molar-refractivity contribution is 6.51. The number of aliphatic hydroxyl groups is 1. The monoisotopic (exact) mass is 490 g/mol. The number of amides is 1. The van der Waals surface area contributed by atoms with Gasteiger partial charge in [-0.1, -0.05) is 31.5 Å². The van der Waals surface area contributed by atoms with Crippen LogP contribution in [0, 0.1) is 6.92 Å². The molecule has 0 saturated carbocycles. The lowest BCUT2D eigenvalue weighted by atomic mass is 9.93. The molecule has 1 unspecified atom stereocenters. The summed E-state index contributed by atoms with van der Waals surface area (Å²) in [7, 11) is 0. The Morgan fingerprint density at radius 2 is 1.83 bits per heavy atom. The molecule has 4 rings (SSSR count). The summed E-state index contributed by atoms with van der Waals surface area (Å²) in [4.78, 5) is 32.1. The van der Waals surface area contributed by atoms with E-state index in [1.165, 1.54) is 4.90 Å². The summed E-state index contributed by atoms with van der Waals surface area (Å²) >= 11 is 6.35. The zero-order valence-electron chi connectivity index (χ0n) is 20.1. The summed E-state index contributed by atoms with van der Waals surface area (Å²) in [6, 6.07) is 13.1. The Morgan fingerprint density at radius 3 is 2.46 bits per heavy atom. The normalized spacial score (nSPS) is 17.3. The van der Waals surface area contributed by atoms with E-state index in [1.54, 1.807) is 54.9 Å². The minimum atomic E-state index is -0.842. The molecular weight excluding hydrogens is 464 g/mol. The number of hydrogen-bond acceptors (Lipinski definition) is 5. The molecule has 0 spiro atoms. The molecule has 1 saturated heterocycles. The second kappa shape index (κ2) is 9.92. The summed E-state index contributed by atoms with van der Waals surface area (Å²) in [6.07, 6.45) is 3.18. The molecule has 35 heavy (non-hydrogen) atoms. The summed E-state index contributed by atoms with van der Waals surface area (Å²) in [5, 5.41) is 11.9. The number of carbonyl (C=O) groups excluding carboxylic acids is 2. The molecule has 1 aliphatic heterocycles. The van der Waals surface area contributed by atoms with Crippen molar-refractivity contribution in [3.63, 3.8) is 0 Å². The van der Waals surface area contributed by atoms with E-state index in [1.807, 2.05) is 33.8 Å². The van der Waals surface area contributed by atoms with Crippen molar-refractivity contribution in [2.75, 3.05) is 11.5 Å². The molecule has 3 aromatic rings. The first-order valence-electron chi connectivity index (χ1n) is 11.5. The maximum absolute atomic E-state index is 13.3. The van der Waals surface area contributed by atoms with Gasteiger partial charge >= 0.3 is 0 Å². The quantitative estimate of drug-likeness (QED) is 0.253. The Hall–Kier alpha value is -3.64. The molecule has 1 fully saturated rings. The van der Waals surface area contributed by atoms with E-state index in [-0.39, 0.29) is 17.3 Å². The van der Waals surface area contributed by atoms with Crippen LogP contribution < -0.4 is 9.64 Å². The van der Waals surface area contributed by atoms with E-state index < -0.39 is 17.7 Å². The van der Waals surface area contributed by atoms with Crippen molar-refractivity contribution in [2.24, 2.45) is 0 Å². The minimum Gasteiger partial charge on any atom is -0.507 e. The lowest BCUT2D eigenvalue weighted by Gasteiger charge is -2.25. The molecule has 180 valence electrons. The summed E-state index contributed by atoms with van der Waals surface area (Å²) in [6.45, 7) is 8.33. The van der Waals surface area contributed by atoms with Crippen molar-refractivity contribution in [2.45, 2.75) is 39.7 Å². The minimum absolute atomic E-state index is 0.0109. The molecule has 1 N–H and O–H groups in total. The van der Waals surface area contributed by atoms with Gasteiger partial charge in [0.2, 0.25) is 0 Å². The van der Waals surface area contributed by atoms with E-state index in [0.29, 0.717) is 28.4 Å². The van der Waals surface area contributed by atoms with Crippen LogP contribution in [-0.4, -0.2) is 28.4 Å². The van der Waals surface area contributed by atoms with Crippen LogP contribution in [0.5, 0.6) is 5.75 Å². The molecule has 2 heterocycles. The first-order chi connectivity index (χ1) is 16.7. The number of hydrogen-bond donors (Lipinski definition) is 1. The Balaban J connectivity index is 1.92. The average molecular weight is 491 g/mol. The summed E-state index contributed by atoms with van der Waals surface area (Å²) in [5.41, 5.74) is 3.32. The zero-order valence-corrected chi connectivity index (χ0v) is 20.8. The van der Waals surface area contributed by atoms with E-state index in [9.17, 15) is 14.7 Å². The van der Waals surface area contributed by atoms with Gasteiger partial charge in [0.15, 0.2) is 0 Å². The van der Waals surface area contributed by atoms with Crippen LogP contribution in [-0.2, 0) is 9.59 Å². The highest BCUT2D eigenvalue weighted by Crippen LogP contribution is 2.43. The highest BCUT2D eigenvalue weighted by Gasteiger charge is 2.47. The zero-order chi connectivity index (χ0) is 25.3. The molecule has 0 bridgehead atoms. The SMILES string of the molecule is CCOc1ccc(/C(O)=C2/C(=O)C(=O)N(c3ccc(C)c(Cl)c3)C2c2ccncc2)cc1C(C)C. The van der Waals surface area contributed by atoms with Crippen molar-refractivity contribution >= 4 is 34.7 Å². The molecule has 0 radical (unpaired) electrons. The Morgan fingerprint density at radius 1 is 1.11 bits per heavy atom. The number of aryl methyl sites for hydroxylation is 1. The van der Waals surface area contributed by atoms with Gasteiger partial charge in [0.1, 0.15) is 11.5 Å². The second-order valence-corrected chi connectivity index (χ2v) is 9.13. The van der Waals surface area contributed by atoms with Gasteiger partial charge in [-0.3, -0.25) is 19.5 Å². The smallest absolute Gasteiger partial charge is 0.300 e. The fourth-order valence-electron chi connectivity index (χ4n) is 4.28. The van der Waals surface area contributed by atoms with Gasteiger partial charge in [-0.05, 0) is 78.9 Å². The Labute approximate surface area is 209 Å². The van der Waals surface area contributed by atoms with Crippen molar-refractivity contribution in [3.8, 4) is 5.75 Å². The standard InChI is InChI=1S/C28H27ClN2O4/c1-5-35-23-9-7-19(14-21(23)16(2)3)26(32)24-25(18-10-12-30-13-11-18)31(28(34)27(24)33)20-8-6-17(4)22(29)15-20/h6-16,25,32H,5H2,1-4H3/b26-24-. The van der Waals surface area contributed by atoms with Crippen LogP contribution in [0.4, 0.5) is 5.69 Å². The van der Waals surface area contributed by atoms with Gasteiger partial charge in [0.25, 0.3) is 11.7 Å². The van der Waals surface area contributed by atoms with Gasteiger partial charge in [0, 0.05) is 28.7 Å². The maximum Gasteiger partial charge on any atom is 0.300 e. The van der Waals surface area contributed by atoms with Crippen LogP contribution in [0.2, 0.25) is 5.02 Å². The fourth-order valence-corrected chi connectivity index (χ4v) is 4.46. The van der Waals surface area contributed by atoms with Gasteiger partial charge < -0.3 is 9.84 Å². The Bertz CT molecular complexity index is 1320. The number of aromatic nitrogens is 1. The number of aliphatic hydroxyl groups excluding tert-OH is 1. The Kier molecular flexibility index (Phi) is 6.94. The predicted molar refractivity (Wildman–Crippen MR) is 137 cm³/mol. The largest absolute Gasteiger partial charge is 0.507 e. The summed E-state index contributed by atoms with van der Waals surface area (Å²) < 4.78 is 5.74. The van der Waals surface area contributed by atoms with Crippen LogP contribution in [0.3, 0.4) is 0 Å². The van der Waals surface area contributed by atoms with Gasteiger partial charge in [0.05, 0.1) is 18.2 Å². The molecule has 7 heteroatoms. The van der Waals surface area contributed by atoms with Gasteiger partial charge in [-0.25, -0.2) is 0 Å². The molecule has 2 aromatic carbocycles. The maximum atomic E-state index is 13.3. The third-order valence-electron chi connectivity index (χ3n) is 6.10. The van der Waals surface area contributed by atoms with Crippen LogP contribution >= 0.6 is 11.6 Å². The third kappa shape index (κ3) is 4.54. The number of halogens is 1. The van der Waals surface area contributed by atoms with E-state index in [4.69, 9.17) is 16.3 Å². The molecule has 0 aliphatic carbocycles. The van der Waals surface area contributed by atoms with E-state index in [0.717, 1.165) is 16.9 Å². The van der Waals surface area contributed by atoms with Crippen molar-refractivity contribution in [1.29, 1.82) is 0 Å². The van der Waals surface area contributed by atoms with Gasteiger partial charge in [-0.2, -0.15) is 0 Å². The lowest BCUT2D eigenvalue weighted by molar-refractivity contribution is -0.132. The number of ketones is 1. The molecule has 1 atom stereocenters. The van der Waals surface area contributed by atoms with Crippen LogP contribution in [0.25, 0.3) is 5.76 Å². The topological polar surface area (TPSA) is 79.7 Å². The third-order valence-corrected chi connectivity index (χ3v) is 6.51. The number of anilines is 1. The number of Topliss-reactive ketones (excluding diaryl/α,β-unsaturated/α-hetero) is 1. The number of rotatable bonds is 6. The fraction of sp³-hybridized carbons (Fsp3) is 0.250. The number of benzene rings is 2. The van der Waals surface area contributed by atoms with Gasteiger partial charge in [-0.15, -0.1) is 0 Å². The summed E-state index contributed by atoms with van der Waals surface area (Å²) in [5.74, 6) is -0.892. The average Bonchev–Trinajstić information content (AvgIpc) is 3.11. The predicted octanol–water partition coefficient (Wildman–Crippen LogP) is 6.19. The van der Waals surface area contributed by atoms with Crippen LogP contribution in [0.15, 0.2) is 66.5 Å².